The Hall–Kier alpha value is 2.00. The third-order valence-corrected chi connectivity index (χ3v) is 0. The van der Waals surface area contributed by atoms with Crippen molar-refractivity contribution in [1.82, 2.24) is 0 Å². The van der Waals surface area contributed by atoms with E-state index >= 15 is 0 Å². The van der Waals surface area contributed by atoms with Crippen LogP contribution in [0.4, 0.5) is 0 Å². The molecule has 0 amide bonds. The Morgan fingerprint density at radius 2 is 0.750 bits per heavy atom. The van der Waals surface area contributed by atoms with Crippen LogP contribution in [0.15, 0.2) is 0 Å². The van der Waals surface area contributed by atoms with Gasteiger partial charge in [-0.1, -0.05) is 0 Å². The molecule has 0 aliphatic heterocycles. The van der Waals surface area contributed by atoms with Gasteiger partial charge in [-0.25, -0.2) is 0 Å². The summed E-state index contributed by atoms with van der Waals surface area (Å²) in [5, 5.41) is 0. The Bertz CT molecular complexity index is 6.00. The largest absolute Gasteiger partial charge is 4.00 e. The Labute approximate surface area is 72.8 Å². The zero-order chi connectivity index (χ0) is 0. The first-order valence-corrected chi connectivity index (χ1v) is 0. The van der Waals surface area contributed by atoms with Gasteiger partial charge in [-0.15, -0.1) is 0 Å². The van der Waals surface area contributed by atoms with Gasteiger partial charge in [0.25, 0.3) is 0 Å². The average Bonchev–Trinajstić information content (AvgIpc) is 0. The van der Waals surface area contributed by atoms with Crippen LogP contribution in [0.1, 0.15) is 0 Å². The maximum absolute atomic E-state index is 0. The Morgan fingerprint density at radius 1 is 0.750 bits per heavy atom. The van der Waals surface area contributed by atoms with E-state index in [9.17, 15) is 0 Å². The molecule has 0 heterocycles. The SMILES string of the molecule is [O-2].[O-2].[Pr+3].[Ti+4]. The fourth-order valence-electron chi connectivity index (χ4n) is 0. The second kappa shape index (κ2) is 20.0. The van der Waals surface area contributed by atoms with E-state index in [0.29, 0.717) is 0 Å². The third-order valence-electron chi connectivity index (χ3n) is 0. The average molecular weight is 221 g/mol. The number of rotatable bonds is 0. The molecule has 4 heavy (non-hydrogen) atoms. The van der Waals surface area contributed by atoms with Crippen LogP contribution < -0.4 is 0 Å². The molecule has 0 fully saturated rings. The van der Waals surface area contributed by atoms with Crippen molar-refractivity contribution >= 4 is 0 Å². The summed E-state index contributed by atoms with van der Waals surface area (Å²) in [5.41, 5.74) is 0. The van der Waals surface area contributed by atoms with E-state index in [1.165, 1.54) is 0 Å². The summed E-state index contributed by atoms with van der Waals surface area (Å²) in [7, 11) is 0. The van der Waals surface area contributed by atoms with Gasteiger partial charge < -0.3 is 11.0 Å². The van der Waals surface area contributed by atoms with Gasteiger partial charge in [0.1, 0.15) is 0 Å². The van der Waals surface area contributed by atoms with E-state index in [0.717, 1.165) is 0 Å². The maximum Gasteiger partial charge on any atom is 4.00 e. The molecule has 4 heteroatoms. The predicted octanol–water partition coefficient (Wildman–Crippen LogP) is -0.240. The molecule has 0 aliphatic rings. The molecule has 0 radical (unpaired) electrons. The predicted molar refractivity (Wildman–Crippen MR) is 1.37 cm³/mol. The summed E-state index contributed by atoms with van der Waals surface area (Å²) in [6, 6.07) is 0. The molecule has 0 aromatic carbocycles. The van der Waals surface area contributed by atoms with Crippen LogP contribution in [0.25, 0.3) is 0 Å². The number of hydrogen-bond donors (Lipinski definition) is 0. The van der Waals surface area contributed by atoms with Crippen LogP contribution in [0.3, 0.4) is 0 Å². The monoisotopic (exact) mass is 221 g/mol. The minimum atomic E-state index is 0. The molecule has 0 atom stereocenters. The summed E-state index contributed by atoms with van der Waals surface area (Å²) >= 11 is 0. The zero-order valence-electron chi connectivity index (χ0n) is 1.89. The van der Waals surface area contributed by atoms with Crippen LogP contribution in [-0.4, -0.2) is 0 Å². The molecule has 0 N–H and O–H groups in total. The molecule has 0 saturated carbocycles. The fraction of sp³-hybridized carbons (Fsp3) is 0. The molecule has 16 valence electrons. The van der Waals surface area contributed by atoms with Crippen LogP contribution in [0, 0.1) is 41.3 Å². The van der Waals surface area contributed by atoms with Crippen molar-refractivity contribution in [3.8, 4) is 0 Å². The van der Waals surface area contributed by atoms with E-state index < -0.39 is 0 Å². The summed E-state index contributed by atoms with van der Waals surface area (Å²) in [6.45, 7) is 0. The molecular formula is O2PrTi+3. The smallest absolute Gasteiger partial charge is 2.00 e. The standard InChI is InChI=1S/2O.Pr.Ti/q2*-2;+3;+4. The van der Waals surface area contributed by atoms with Gasteiger partial charge in [0, 0.05) is 0 Å². The topological polar surface area (TPSA) is 57.0 Å². The van der Waals surface area contributed by atoms with Gasteiger partial charge in [0.05, 0.1) is 0 Å². The molecular weight excluding hydrogens is 221 g/mol. The summed E-state index contributed by atoms with van der Waals surface area (Å²) < 4.78 is 0. The summed E-state index contributed by atoms with van der Waals surface area (Å²) in [4.78, 5) is 0. The zero-order valence-corrected chi connectivity index (χ0v) is 7.16. The van der Waals surface area contributed by atoms with Crippen LogP contribution in [0.2, 0.25) is 0 Å². The van der Waals surface area contributed by atoms with E-state index in [1.54, 1.807) is 0 Å². The normalized spacial score (nSPS) is 0. The van der Waals surface area contributed by atoms with Crippen molar-refractivity contribution in [2.45, 2.75) is 0 Å². The van der Waals surface area contributed by atoms with E-state index in [1.807, 2.05) is 0 Å². The van der Waals surface area contributed by atoms with Crippen LogP contribution in [0.5, 0.6) is 0 Å². The first-order valence-electron chi connectivity index (χ1n) is 0. The van der Waals surface area contributed by atoms with Gasteiger partial charge >= 0.3 is 63.0 Å². The van der Waals surface area contributed by atoms with E-state index in [-0.39, 0.29) is 74.0 Å². The summed E-state index contributed by atoms with van der Waals surface area (Å²) in [6.07, 6.45) is 0. The van der Waals surface area contributed by atoms with Crippen molar-refractivity contribution in [3.63, 3.8) is 0 Å². The minimum Gasteiger partial charge on any atom is -2.00 e. The van der Waals surface area contributed by atoms with Crippen LogP contribution in [-0.2, 0) is 32.7 Å². The molecule has 0 saturated heterocycles. The molecule has 0 spiro atoms. The molecule has 0 rings (SSSR count). The van der Waals surface area contributed by atoms with Crippen molar-refractivity contribution < 1.29 is 74.0 Å². The second-order valence-electron chi connectivity index (χ2n) is 0. The van der Waals surface area contributed by atoms with Gasteiger partial charge in [0.15, 0.2) is 0 Å². The Kier molecular flexibility index (Phi) is 188. The molecule has 0 aromatic rings. The first kappa shape index (κ1) is 37.5. The second-order valence-corrected chi connectivity index (χ2v) is 0. The van der Waals surface area contributed by atoms with Gasteiger partial charge in [-0.3, -0.25) is 0 Å². The molecule has 2 nitrogen and oxygen atoms in total. The van der Waals surface area contributed by atoms with Crippen molar-refractivity contribution in [1.29, 1.82) is 0 Å². The van der Waals surface area contributed by atoms with E-state index in [2.05, 4.69) is 0 Å². The Morgan fingerprint density at radius 3 is 0.750 bits per heavy atom. The van der Waals surface area contributed by atoms with E-state index in [4.69, 9.17) is 0 Å². The molecule has 0 unspecified atom stereocenters. The molecule has 0 aromatic heterocycles. The fourth-order valence-corrected chi connectivity index (χ4v) is 0. The third kappa shape index (κ3) is 9.00. The first-order chi connectivity index (χ1) is 0. The Balaban J connectivity index is 0. The molecule has 0 aliphatic carbocycles. The van der Waals surface area contributed by atoms with Crippen LogP contribution >= 0.6 is 0 Å². The molecule has 0 bridgehead atoms. The summed E-state index contributed by atoms with van der Waals surface area (Å²) in [5.74, 6) is 0. The maximum atomic E-state index is 0. The minimum absolute atomic E-state index is 0. The van der Waals surface area contributed by atoms with Crippen molar-refractivity contribution in [3.05, 3.63) is 0 Å². The van der Waals surface area contributed by atoms with Crippen molar-refractivity contribution in [2.75, 3.05) is 0 Å². The van der Waals surface area contributed by atoms with Gasteiger partial charge in [-0.05, 0) is 0 Å². The number of hydrogen-bond acceptors (Lipinski definition) is 0. The van der Waals surface area contributed by atoms with Crippen molar-refractivity contribution in [2.24, 2.45) is 0 Å². The van der Waals surface area contributed by atoms with Gasteiger partial charge in [-0.2, -0.15) is 0 Å². The quantitative estimate of drug-likeness (QED) is 0.506. The van der Waals surface area contributed by atoms with Gasteiger partial charge in [0.2, 0.25) is 0 Å².